The summed E-state index contributed by atoms with van der Waals surface area (Å²) >= 11 is 0. The van der Waals surface area contributed by atoms with Crippen LogP contribution in [0.3, 0.4) is 0 Å². The lowest BCUT2D eigenvalue weighted by molar-refractivity contribution is 0.0459. The van der Waals surface area contributed by atoms with Crippen molar-refractivity contribution in [3.05, 3.63) is 52.9 Å². The van der Waals surface area contributed by atoms with Gasteiger partial charge in [-0.2, -0.15) is 5.10 Å². The summed E-state index contributed by atoms with van der Waals surface area (Å²) in [6.45, 7) is 6.05. The summed E-state index contributed by atoms with van der Waals surface area (Å²) in [5.41, 5.74) is 1.72. The third kappa shape index (κ3) is 5.22. The number of hydrogen-bond acceptors (Lipinski definition) is 4. The molecule has 1 aromatic carbocycles. The molecule has 28 heavy (non-hydrogen) atoms. The van der Waals surface area contributed by atoms with Gasteiger partial charge in [0, 0.05) is 32.5 Å². The molecule has 2 aliphatic heterocycles. The minimum Gasteiger partial charge on any atom is -0.381 e. The molecule has 152 valence electrons. The molecule has 5 nitrogen and oxygen atoms in total. The largest absolute Gasteiger partial charge is 0.381 e. The molecule has 0 unspecified atom stereocenters. The predicted molar refractivity (Wildman–Crippen MR) is 114 cm³/mol. The lowest BCUT2D eigenvalue weighted by Gasteiger charge is -2.35. The van der Waals surface area contributed by atoms with Gasteiger partial charge in [-0.25, -0.2) is 4.68 Å². The van der Waals surface area contributed by atoms with Crippen LogP contribution in [0.25, 0.3) is 11.1 Å². The topological polar surface area (TPSA) is 47.4 Å². The molecule has 0 spiro atoms. The SMILES string of the molecule is Cl.O=c1c(-c2ccccc2)ccnn1CC1CCN(CC2CCOCC2)CC1. The third-order valence-corrected chi connectivity index (χ3v) is 5.99. The minimum absolute atomic E-state index is 0. The number of rotatable bonds is 5. The normalized spacial score (nSPS) is 19.3. The zero-order chi connectivity index (χ0) is 18.5. The molecule has 2 aliphatic rings. The molecule has 6 heteroatoms. The van der Waals surface area contributed by atoms with E-state index in [9.17, 15) is 4.79 Å². The fourth-order valence-electron chi connectivity index (χ4n) is 4.31. The minimum atomic E-state index is 0. The Balaban J connectivity index is 0.00000225. The Morgan fingerprint density at radius 1 is 0.929 bits per heavy atom. The molecule has 0 amide bonds. The van der Waals surface area contributed by atoms with Crippen LogP contribution in [0.4, 0.5) is 0 Å². The van der Waals surface area contributed by atoms with Crippen molar-refractivity contribution < 1.29 is 4.74 Å². The zero-order valence-corrected chi connectivity index (χ0v) is 17.2. The van der Waals surface area contributed by atoms with Crippen molar-refractivity contribution in [2.75, 3.05) is 32.8 Å². The van der Waals surface area contributed by atoms with E-state index >= 15 is 0 Å². The van der Waals surface area contributed by atoms with E-state index in [-0.39, 0.29) is 18.0 Å². The number of nitrogens with zero attached hydrogens (tertiary/aromatic N) is 3. The fraction of sp³-hybridized carbons (Fsp3) is 0.545. The van der Waals surface area contributed by atoms with Gasteiger partial charge in [0.2, 0.25) is 0 Å². The highest BCUT2D eigenvalue weighted by molar-refractivity contribution is 5.85. The second-order valence-corrected chi connectivity index (χ2v) is 7.90. The maximum Gasteiger partial charge on any atom is 0.274 e. The molecule has 0 atom stereocenters. The van der Waals surface area contributed by atoms with Crippen molar-refractivity contribution in [3.8, 4) is 11.1 Å². The third-order valence-electron chi connectivity index (χ3n) is 5.99. The summed E-state index contributed by atoms with van der Waals surface area (Å²) in [7, 11) is 0. The van der Waals surface area contributed by atoms with Crippen LogP contribution in [0.5, 0.6) is 0 Å². The Morgan fingerprint density at radius 3 is 2.32 bits per heavy atom. The fourth-order valence-corrected chi connectivity index (χ4v) is 4.31. The number of benzene rings is 1. The van der Waals surface area contributed by atoms with Crippen LogP contribution in [0.15, 0.2) is 47.4 Å². The van der Waals surface area contributed by atoms with E-state index in [1.54, 1.807) is 10.9 Å². The van der Waals surface area contributed by atoms with Crippen molar-refractivity contribution in [2.24, 2.45) is 11.8 Å². The number of likely N-dealkylation sites (tertiary alicyclic amines) is 1. The van der Waals surface area contributed by atoms with E-state index in [0.717, 1.165) is 62.7 Å². The van der Waals surface area contributed by atoms with Gasteiger partial charge in [-0.05, 0) is 62.2 Å². The molecular weight excluding hydrogens is 374 g/mol. The van der Waals surface area contributed by atoms with Gasteiger partial charge in [-0.15, -0.1) is 12.4 Å². The summed E-state index contributed by atoms with van der Waals surface area (Å²) in [4.78, 5) is 15.4. The van der Waals surface area contributed by atoms with Gasteiger partial charge in [0.25, 0.3) is 5.56 Å². The molecule has 0 saturated carbocycles. The highest BCUT2D eigenvalue weighted by Gasteiger charge is 2.23. The van der Waals surface area contributed by atoms with Crippen LogP contribution < -0.4 is 5.56 Å². The Bertz CT molecular complexity index is 782. The molecule has 2 fully saturated rings. The van der Waals surface area contributed by atoms with E-state index < -0.39 is 0 Å². The highest BCUT2D eigenvalue weighted by atomic mass is 35.5. The first-order valence-corrected chi connectivity index (χ1v) is 10.2. The summed E-state index contributed by atoms with van der Waals surface area (Å²) in [6, 6.07) is 11.7. The molecule has 0 N–H and O–H groups in total. The number of ether oxygens (including phenoxy) is 1. The average molecular weight is 404 g/mol. The molecule has 0 bridgehead atoms. The van der Waals surface area contributed by atoms with Crippen molar-refractivity contribution in [2.45, 2.75) is 32.2 Å². The molecule has 2 aromatic rings. The molecule has 4 rings (SSSR count). The van der Waals surface area contributed by atoms with Gasteiger partial charge in [0.05, 0.1) is 5.56 Å². The van der Waals surface area contributed by atoms with Gasteiger partial charge in [-0.3, -0.25) is 4.79 Å². The van der Waals surface area contributed by atoms with E-state index in [1.165, 1.54) is 19.4 Å². The van der Waals surface area contributed by atoms with Gasteiger partial charge in [-0.1, -0.05) is 30.3 Å². The van der Waals surface area contributed by atoms with Gasteiger partial charge in [0.15, 0.2) is 0 Å². The Morgan fingerprint density at radius 2 is 1.61 bits per heavy atom. The summed E-state index contributed by atoms with van der Waals surface area (Å²) in [6.07, 6.45) is 6.45. The number of halogens is 1. The lowest BCUT2D eigenvalue weighted by Crippen LogP contribution is -2.40. The molecular formula is C22H30ClN3O2. The van der Waals surface area contributed by atoms with Crippen LogP contribution in [0, 0.1) is 11.8 Å². The monoisotopic (exact) mass is 403 g/mol. The van der Waals surface area contributed by atoms with E-state index in [4.69, 9.17) is 4.74 Å². The molecule has 0 aliphatic carbocycles. The predicted octanol–water partition coefficient (Wildman–Crippen LogP) is 3.47. The Labute approximate surface area is 173 Å². The second-order valence-electron chi connectivity index (χ2n) is 7.90. The van der Waals surface area contributed by atoms with Gasteiger partial charge >= 0.3 is 0 Å². The second kappa shape index (κ2) is 10.2. The summed E-state index contributed by atoms with van der Waals surface area (Å²) < 4.78 is 7.14. The van der Waals surface area contributed by atoms with E-state index in [1.807, 2.05) is 36.4 Å². The smallest absolute Gasteiger partial charge is 0.274 e. The van der Waals surface area contributed by atoms with Crippen LogP contribution in [0.2, 0.25) is 0 Å². The first kappa shape index (κ1) is 21.0. The number of aromatic nitrogens is 2. The Hall–Kier alpha value is -1.69. The average Bonchev–Trinajstić information content (AvgIpc) is 2.72. The number of hydrogen-bond donors (Lipinski definition) is 0. The first-order valence-electron chi connectivity index (χ1n) is 10.2. The van der Waals surface area contributed by atoms with Crippen LogP contribution in [-0.2, 0) is 11.3 Å². The summed E-state index contributed by atoms with van der Waals surface area (Å²) in [5.74, 6) is 1.33. The quantitative estimate of drug-likeness (QED) is 0.766. The zero-order valence-electron chi connectivity index (χ0n) is 16.3. The number of piperidine rings is 1. The maximum absolute atomic E-state index is 12.8. The van der Waals surface area contributed by atoms with E-state index in [2.05, 4.69) is 10.00 Å². The van der Waals surface area contributed by atoms with Crippen LogP contribution in [0.1, 0.15) is 25.7 Å². The van der Waals surface area contributed by atoms with Crippen LogP contribution >= 0.6 is 12.4 Å². The van der Waals surface area contributed by atoms with Crippen molar-refractivity contribution >= 4 is 12.4 Å². The Kier molecular flexibility index (Phi) is 7.65. The highest BCUT2D eigenvalue weighted by Crippen LogP contribution is 2.22. The van der Waals surface area contributed by atoms with E-state index in [0.29, 0.717) is 5.92 Å². The molecule has 1 aromatic heterocycles. The molecule has 3 heterocycles. The maximum atomic E-state index is 12.8. The summed E-state index contributed by atoms with van der Waals surface area (Å²) in [5, 5.41) is 4.35. The van der Waals surface area contributed by atoms with Crippen molar-refractivity contribution in [1.29, 1.82) is 0 Å². The van der Waals surface area contributed by atoms with Crippen molar-refractivity contribution in [3.63, 3.8) is 0 Å². The van der Waals surface area contributed by atoms with Gasteiger partial charge in [0.1, 0.15) is 0 Å². The van der Waals surface area contributed by atoms with Gasteiger partial charge < -0.3 is 9.64 Å². The lowest BCUT2D eigenvalue weighted by atomic mass is 9.94. The van der Waals surface area contributed by atoms with Crippen molar-refractivity contribution in [1.82, 2.24) is 14.7 Å². The van der Waals surface area contributed by atoms with Crippen LogP contribution in [-0.4, -0.2) is 47.5 Å². The molecule has 2 saturated heterocycles. The standard InChI is InChI=1S/C22H29N3O2.ClH/c26-22-21(20-4-2-1-3-5-20)6-11-23-25(22)17-18-7-12-24(13-8-18)16-19-9-14-27-15-10-19;/h1-6,11,18-19H,7-10,12-17H2;1H. The molecule has 0 radical (unpaired) electrons. The first-order chi connectivity index (χ1) is 13.3.